The molecule has 1 heterocycles. The van der Waals surface area contributed by atoms with E-state index in [0.29, 0.717) is 17.3 Å². The molecule has 1 N–H and O–H groups in total. The number of aliphatic hydroxyl groups excluding tert-OH is 1. The van der Waals surface area contributed by atoms with Crippen LogP contribution in [-0.4, -0.2) is 16.2 Å². The molecule has 2 nitrogen and oxygen atoms in total. The van der Waals surface area contributed by atoms with Crippen LogP contribution in [0, 0.1) is 23.2 Å². The summed E-state index contributed by atoms with van der Waals surface area (Å²) in [4.78, 5) is 4.37. The van der Waals surface area contributed by atoms with Gasteiger partial charge < -0.3 is 5.11 Å². The minimum absolute atomic E-state index is 0.128. The van der Waals surface area contributed by atoms with Crippen molar-refractivity contribution in [1.29, 1.82) is 0 Å². The van der Waals surface area contributed by atoms with E-state index in [0.717, 1.165) is 18.0 Å². The van der Waals surface area contributed by atoms with Crippen molar-refractivity contribution >= 4 is 0 Å². The highest BCUT2D eigenvalue weighted by molar-refractivity contribution is 5.11. The van der Waals surface area contributed by atoms with Gasteiger partial charge in [0.25, 0.3) is 0 Å². The first kappa shape index (κ1) is 11.2. The second-order valence-corrected chi connectivity index (χ2v) is 6.37. The van der Waals surface area contributed by atoms with Crippen LogP contribution in [0.1, 0.15) is 32.4 Å². The molecule has 4 rings (SSSR count). The number of rotatable bonds is 2. The molecular formula is C15H21NO. The first-order valence-electron chi connectivity index (χ1n) is 6.67. The van der Waals surface area contributed by atoms with Gasteiger partial charge in [-0.2, -0.15) is 0 Å². The van der Waals surface area contributed by atoms with E-state index in [2.05, 4.69) is 24.9 Å². The molecule has 2 bridgehead atoms. The molecular weight excluding hydrogens is 210 g/mol. The van der Waals surface area contributed by atoms with Crippen LogP contribution in [0.4, 0.5) is 0 Å². The molecule has 0 spiro atoms. The van der Waals surface area contributed by atoms with Gasteiger partial charge in [0.1, 0.15) is 0 Å². The molecule has 0 saturated heterocycles. The van der Waals surface area contributed by atoms with Crippen molar-refractivity contribution in [3.63, 3.8) is 0 Å². The Morgan fingerprint density at radius 2 is 2.18 bits per heavy atom. The van der Waals surface area contributed by atoms with Gasteiger partial charge in [-0.05, 0) is 54.6 Å². The molecule has 3 fully saturated rings. The zero-order valence-corrected chi connectivity index (χ0v) is 10.6. The molecule has 0 radical (unpaired) electrons. The number of hydrogen-bond acceptors (Lipinski definition) is 2. The lowest BCUT2D eigenvalue weighted by Crippen LogP contribution is -2.58. The van der Waals surface area contributed by atoms with Gasteiger partial charge in [0.05, 0.1) is 6.10 Å². The lowest BCUT2D eigenvalue weighted by Gasteiger charge is -2.61. The van der Waals surface area contributed by atoms with E-state index in [-0.39, 0.29) is 6.10 Å². The molecule has 3 saturated carbocycles. The Balaban J connectivity index is 1.71. The van der Waals surface area contributed by atoms with Gasteiger partial charge in [-0.15, -0.1) is 0 Å². The Kier molecular flexibility index (Phi) is 2.51. The van der Waals surface area contributed by atoms with Crippen molar-refractivity contribution in [3.05, 3.63) is 30.1 Å². The minimum atomic E-state index is -0.128. The molecule has 0 unspecified atom stereocenters. The van der Waals surface area contributed by atoms with Gasteiger partial charge in [-0.1, -0.05) is 19.9 Å². The molecule has 92 valence electrons. The van der Waals surface area contributed by atoms with Gasteiger partial charge in [-0.3, -0.25) is 4.98 Å². The average molecular weight is 231 g/mol. The zero-order valence-electron chi connectivity index (χ0n) is 10.6. The highest BCUT2D eigenvalue weighted by Gasteiger charge is 2.57. The summed E-state index contributed by atoms with van der Waals surface area (Å²) in [5, 5.41) is 10.4. The van der Waals surface area contributed by atoms with Crippen molar-refractivity contribution < 1.29 is 5.11 Å². The van der Waals surface area contributed by atoms with Crippen LogP contribution in [0.15, 0.2) is 24.4 Å². The normalized spacial score (nSPS) is 38.5. The Labute approximate surface area is 103 Å². The Morgan fingerprint density at radius 3 is 2.76 bits per heavy atom. The van der Waals surface area contributed by atoms with E-state index >= 15 is 0 Å². The Hall–Kier alpha value is -0.890. The monoisotopic (exact) mass is 231 g/mol. The van der Waals surface area contributed by atoms with E-state index in [9.17, 15) is 5.11 Å². The molecule has 3 aliphatic rings. The van der Waals surface area contributed by atoms with Crippen molar-refractivity contribution in [3.8, 4) is 0 Å². The van der Waals surface area contributed by atoms with Crippen LogP contribution in [0.25, 0.3) is 0 Å². The number of aliphatic hydroxyl groups is 1. The fourth-order valence-corrected chi connectivity index (χ4v) is 3.86. The van der Waals surface area contributed by atoms with Gasteiger partial charge in [0, 0.05) is 11.9 Å². The predicted molar refractivity (Wildman–Crippen MR) is 67.4 cm³/mol. The van der Waals surface area contributed by atoms with Crippen molar-refractivity contribution in [2.24, 2.45) is 23.2 Å². The highest BCUT2D eigenvalue weighted by atomic mass is 16.3. The van der Waals surface area contributed by atoms with Gasteiger partial charge in [-0.25, -0.2) is 0 Å². The lowest BCUT2D eigenvalue weighted by atomic mass is 9.45. The number of hydrogen-bond donors (Lipinski definition) is 1. The maximum Gasteiger partial charge on any atom is 0.0605 e. The van der Waals surface area contributed by atoms with Crippen molar-refractivity contribution in [1.82, 2.24) is 4.98 Å². The summed E-state index contributed by atoms with van der Waals surface area (Å²) in [5.74, 6) is 1.74. The maximum absolute atomic E-state index is 10.4. The summed E-state index contributed by atoms with van der Waals surface area (Å²) < 4.78 is 0. The van der Waals surface area contributed by atoms with Crippen LogP contribution >= 0.6 is 0 Å². The van der Waals surface area contributed by atoms with E-state index < -0.39 is 0 Å². The summed E-state index contributed by atoms with van der Waals surface area (Å²) in [5.41, 5.74) is 1.48. The Bertz CT molecular complexity index is 401. The summed E-state index contributed by atoms with van der Waals surface area (Å²) in [6, 6.07) is 6.04. The molecule has 1 aromatic rings. The van der Waals surface area contributed by atoms with E-state index in [1.165, 1.54) is 12.8 Å². The fraction of sp³-hybridized carbons (Fsp3) is 0.667. The van der Waals surface area contributed by atoms with E-state index in [4.69, 9.17) is 0 Å². The van der Waals surface area contributed by atoms with E-state index in [1.54, 1.807) is 0 Å². The summed E-state index contributed by atoms with van der Waals surface area (Å²) in [7, 11) is 0. The summed E-state index contributed by atoms with van der Waals surface area (Å²) in [6.07, 6.45) is 5.05. The molecule has 0 aromatic carbocycles. The van der Waals surface area contributed by atoms with E-state index in [1.807, 2.05) is 18.3 Å². The third kappa shape index (κ3) is 1.70. The molecule has 4 atom stereocenters. The average Bonchev–Trinajstić information content (AvgIpc) is 2.32. The second kappa shape index (κ2) is 3.81. The third-order valence-corrected chi connectivity index (χ3v) is 5.23. The lowest BCUT2D eigenvalue weighted by molar-refractivity contribution is -0.169. The van der Waals surface area contributed by atoms with Crippen LogP contribution in [0.2, 0.25) is 0 Å². The summed E-state index contributed by atoms with van der Waals surface area (Å²) >= 11 is 0. The fourth-order valence-electron chi connectivity index (χ4n) is 3.86. The van der Waals surface area contributed by atoms with Crippen LogP contribution in [0.3, 0.4) is 0 Å². The van der Waals surface area contributed by atoms with Gasteiger partial charge in [0.15, 0.2) is 0 Å². The van der Waals surface area contributed by atoms with Crippen molar-refractivity contribution in [2.45, 2.75) is 39.2 Å². The third-order valence-electron chi connectivity index (χ3n) is 5.23. The number of fused-ring (bicyclic) bond motifs is 2. The highest BCUT2D eigenvalue weighted by Crippen LogP contribution is 2.60. The smallest absolute Gasteiger partial charge is 0.0605 e. The van der Waals surface area contributed by atoms with Gasteiger partial charge in [0.2, 0.25) is 0 Å². The minimum Gasteiger partial charge on any atom is -0.393 e. The molecule has 17 heavy (non-hydrogen) atoms. The number of nitrogens with zero attached hydrogens (tertiary/aromatic N) is 1. The molecule has 0 aliphatic heterocycles. The Morgan fingerprint density at radius 1 is 1.35 bits per heavy atom. The zero-order chi connectivity index (χ0) is 12.0. The second-order valence-electron chi connectivity index (χ2n) is 6.37. The van der Waals surface area contributed by atoms with Crippen LogP contribution in [0.5, 0.6) is 0 Å². The molecule has 0 amide bonds. The topological polar surface area (TPSA) is 33.1 Å². The number of aromatic nitrogens is 1. The quantitative estimate of drug-likeness (QED) is 0.849. The van der Waals surface area contributed by atoms with Crippen LogP contribution in [-0.2, 0) is 6.42 Å². The largest absolute Gasteiger partial charge is 0.393 e. The van der Waals surface area contributed by atoms with Gasteiger partial charge >= 0.3 is 0 Å². The molecule has 1 aromatic heterocycles. The van der Waals surface area contributed by atoms with Crippen LogP contribution < -0.4 is 0 Å². The summed E-state index contributed by atoms with van der Waals surface area (Å²) in [6.45, 7) is 4.62. The first-order valence-corrected chi connectivity index (χ1v) is 6.67. The first-order chi connectivity index (χ1) is 8.09. The molecule has 3 aliphatic carbocycles. The maximum atomic E-state index is 10.4. The van der Waals surface area contributed by atoms with Crippen molar-refractivity contribution in [2.75, 3.05) is 0 Å². The standard InChI is InChI=1S/C15H21NO/c1-15(2)11-7-10(14(17)13(15)9-11)8-12-5-3-4-6-16-12/h3-6,10-11,13-14,17H,7-9H2,1-2H3/t10-,11-,13-,14+/m0/s1. The SMILES string of the molecule is CC1(C)[C@H]2C[C@@H](Cc3ccccn3)[C@@H](O)[C@@H]1C2. The predicted octanol–water partition coefficient (Wildman–Crippen LogP) is 2.67. The molecule has 2 heteroatoms. The number of pyridine rings is 1.